The van der Waals surface area contributed by atoms with Crippen LogP contribution in [-0.4, -0.2) is 16.2 Å². The average molecular weight is 478 g/mol. The fourth-order valence-electron chi connectivity index (χ4n) is 5.75. The predicted octanol–water partition coefficient (Wildman–Crippen LogP) is 4.36. The van der Waals surface area contributed by atoms with Crippen molar-refractivity contribution in [3.63, 3.8) is 0 Å². The Kier molecular flexibility index (Phi) is 5.64. The molecule has 0 aliphatic carbocycles. The third kappa shape index (κ3) is 3.40. The molecule has 0 amide bonds. The number of hydrogen-bond donors (Lipinski definition) is 1. The van der Waals surface area contributed by atoms with Crippen molar-refractivity contribution >= 4 is 18.3 Å². The largest absolute Gasteiger partial charge is 0.493 e. The summed E-state index contributed by atoms with van der Waals surface area (Å²) in [7, 11) is 0. The molecule has 0 bridgehead atoms. The van der Waals surface area contributed by atoms with Crippen LogP contribution in [0, 0.1) is 11.3 Å². The molecule has 5 rings (SSSR count). The van der Waals surface area contributed by atoms with Crippen molar-refractivity contribution in [2.75, 3.05) is 11.4 Å². The van der Waals surface area contributed by atoms with E-state index in [0.717, 1.165) is 30.6 Å². The Bertz CT molecular complexity index is 1630. The van der Waals surface area contributed by atoms with E-state index in [2.05, 4.69) is 49.6 Å². The molecule has 2 aromatic carbocycles. The lowest BCUT2D eigenvalue weighted by Gasteiger charge is -2.30. The molecule has 3 aromatic rings. The number of anilines is 1. The minimum Gasteiger partial charge on any atom is -0.493 e. The summed E-state index contributed by atoms with van der Waals surface area (Å²) in [5.74, 6) is -0.252. The summed E-state index contributed by atoms with van der Waals surface area (Å²) in [6, 6.07) is 16.1. The molecular weight excluding hydrogens is 446 g/mol. The number of rotatable bonds is 3. The Balaban J connectivity index is 1.78. The molecule has 0 radical (unpaired) electrons. The Morgan fingerprint density at radius 3 is 2.61 bits per heavy atom. The fourth-order valence-corrected chi connectivity index (χ4v) is 5.75. The first-order valence-corrected chi connectivity index (χ1v) is 12.5. The highest BCUT2D eigenvalue weighted by atomic mass is 16.3. The summed E-state index contributed by atoms with van der Waals surface area (Å²) in [5, 5.41) is 21.4. The summed E-state index contributed by atoms with van der Waals surface area (Å²) < 4.78 is 1.25. The number of allylic oxidation sites excluding steroid dienone is 2. The quantitative estimate of drug-likeness (QED) is 0.609. The van der Waals surface area contributed by atoms with E-state index in [1.54, 1.807) is 12.1 Å². The lowest BCUT2D eigenvalue weighted by atomic mass is 9.83. The zero-order valence-electron chi connectivity index (χ0n) is 21.3. The Hall–Kier alpha value is -4.04. The van der Waals surface area contributed by atoms with Gasteiger partial charge in [-0.15, -0.1) is 0 Å². The maximum atomic E-state index is 13.8. The lowest BCUT2D eigenvalue weighted by Crippen LogP contribution is -2.45. The SMILES string of the molecule is C=c1c(C#N)c(O)n(-c2ccccc2C(C)C)c(=O)/c1=C/C=C1N2CCCc3cccc(c32)C1(C)C. The van der Waals surface area contributed by atoms with Gasteiger partial charge in [0.15, 0.2) is 0 Å². The summed E-state index contributed by atoms with van der Waals surface area (Å²) in [5.41, 5.74) is 5.92. The molecule has 5 heteroatoms. The average Bonchev–Trinajstić information content (AvgIpc) is 3.07. The maximum absolute atomic E-state index is 13.8. The third-order valence-corrected chi connectivity index (χ3v) is 7.64. The molecule has 1 N–H and O–H groups in total. The van der Waals surface area contributed by atoms with Crippen molar-refractivity contribution in [3.8, 4) is 17.6 Å². The zero-order valence-corrected chi connectivity index (χ0v) is 21.3. The highest BCUT2D eigenvalue weighted by Gasteiger charge is 2.41. The minimum absolute atomic E-state index is 0.00651. The number of aromatic hydroxyl groups is 1. The van der Waals surface area contributed by atoms with Crippen molar-refractivity contribution in [3.05, 3.63) is 97.3 Å². The molecule has 3 heterocycles. The number of aryl methyl sites for hydroxylation is 1. The number of nitriles is 1. The zero-order chi connectivity index (χ0) is 25.8. The van der Waals surface area contributed by atoms with Crippen molar-refractivity contribution in [2.24, 2.45) is 0 Å². The van der Waals surface area contributed by atoms with Crippen LogP contribution in [0.25, 0.3) is 18.3 Å². The number of nitrogens with zero attached hydrogens (tertiary/aromatic N) is 3. The normalized spacial score (nSPS) is 17.5. The van der Waals surface area contributed by atoms with Crippen LogP contribution in [0.5, 0.6) is 5.88 Å². The van der Waals surface area contributed by atoms with Gasteiger partial charge >= 0.3 is 0 Å². The van der Waals surface area contributed by atoms with Gasteiger partial charge in [-0.2, -0.15) is 5.26 Å². The first-order valence-electron chi connectivity index (χ1n) is 12.5. The van der Waals surface area contributed by atoms with Crippen LogP contribution in [0.2, 0.25) is 0 Å². The summed E-state index contributed by atoms with van der Waals surface area (Å²) in [6.45, 7) is 13.4. The number of hydrogen-bond acceptors (Lipinski definition) is 4. The van der Waals surface area contributed by atoms with Gasteiger partial charge in [0.1, 0.15) is 11.6 Å². The van der Waals surface area contributed by atoms with Crippen molar-refractivity contribution in [2.45, 2.75) is 51.9 Å². The highest BCUT2D eigenvalue weighted by Crippen LogP contribution is 2.50. The Labute approximate surface area is 211 Å². The van der Waals surface area contributed by atoms with Gasteiger partial charge < -0.3 is 10.0 Å². The second kappa shape index (κ2) is 8.57. The van der Waals surface area contributed by atoms with E-state index in [1.165, 1.54) is 21.4 Å². The van der Waals surface area contributed by atoms with Gasteiger partial charge in [0.05, 0.1) is 5.69 Å². The maximum Gasteiger partial charge on any atom is 0.265 e. The Morgan fingerprint density at radius 1 is 1.14 bits per heavy atom. The van der Waals surface area contributed by atoms with E-state index in [4.69, 9.17) is 0 Å². The van der Waals surface area contributed by atoms with E-state index >= 15 is 0 Å². The first kappa shape index (κ1) is 23.7. The van der Waals surface area contributed by atoms with Crippen molar-refractivity contribution in [1.82, 2.24) is 4.57 Å². The van der Waals surface area contributed by atoms with Gasteiger partial charge in [-0.25, -0.2) is 4.57 Å². The molecule has 1 aromatic heterocycles. The monoisotopic (exact) mass is 477 g/mol. The first-order chi connectivity index (χ1) is 17.2. The molecule has 0 spiro atoms. The van der Waals surface area contributed by atoms with E-state index in [-0.39, 0.29) is 28.0 Å². The van der Waals surface area contributed by atoms with Crippen LogP contribution in [0.1, 0.15) is 62.3 Å². The van der Waals surface area contributed by atoms with E-state index < -0.39 is 5.56 Å². The van der Waals surface area contributed by atoms with Gasteiger partial charge in [-0.3, -0.25) is 4.79 Å². The molecule has 0 fully saturated rings. The summed E-state index contributed by atoms with van der Waals surface area (Å²) >= 11 is 0. The lowest BCUT2D eigenvalue weighted by molar-refractivity contribution is 0.431. The van der Waals surface area contributed by atoms with E-state index in [1.807, 2.05) is 38.1 Å². The minimum atomic E-state index is -0.394. The van der Waals surface area contributed by atoms with Crippen LogP contribution in [0.4, 0.5) is 5.69 Å². The van der Waals surface area contributed by atoms with Crippen LogP contribution >= 0.6 is 0 Å². The Morgan fingerprint density at radius 2 is 1.89 bits per heavy atom. The molecule has 0 unspecified atom stereocenters. The van der Waals surface area contributed by atoms with Gasteiger partial charge in [-0.05, 0) is 53.7 Å². The molecule has 2 aliphatic rings. The van der Waals surface area contributed by atoms with Crippen LogP contribution in [-0.2, 0) is 11.8 Å². The second-order valence-electron chi connectivity index (χ2n) is 10.5. The van der Waals surface area contributed by atoms with Crippen molar-refractivity contribution in [1.29, 1.82) is 5.26 Å². The standard InChI is InChI=1S/C31H31N3O2/c1-19(2)22-12-6-7-14-26(22)34-29(35)23(20(3)24(18-32)30(34)36)15-16-27-31(4,5)25-13-8-10-21-11-9-17-33(27)28(21)25/h6-8,10,12-16,19,36H,3,9,11,17H2,1-2,4-5H3/b23-15+,27-16?. The molecular formula is C31H31N3O2. The van der Waals surface area contributed by atoms with Gasteiger partial charge in [0.25, 0.3) is 5.56 Å². The number of para-hydroxylation sites is 2. The van der Waals surface area contributed by atoms with E-state index in [9.17, 15) is 15.2 Å². The topological polar surface area (TPSA) is 69.3 Å². The van der Waals surface area contributed by atoms with Crippen LogP contribution in [0.15, 0.2) is 59.0 Å². The van der Waals surface area contributed by atoms with Gasteiger partial charge in [0, 0.05) is 33.8 Å². The summed E-state index contributed by atoms with van der Waals surface area (Å²) in [4.78, 5) is 16.2. The smallest absolute Gasteiger partial charge is 0.265 e. The van der Waals surface area contributed by atoms with Gasteiger partial charge in [0.2, 0.25) is 5.88 Å². The van der Waals surface area contributed by atoms with Crippen LogP contribution < -0.4 is 20.9 Å². The van der Waals surface area contributed by atoms with Crippen LogP contribution in [0.3, 0.4) is 0 Å². The highest BCUT2D eigenvalue weighted by molar-refractivity contribution is 5.76. The fraction of sp³-hybridized carbons (Fsp3) is 0.290. The van der Waals surface area contributed by atoms with Gasteiger partial charge in [-0.1, -0.05) is 70.7 Å². The number of benzene rings is 2. The molecule has 182 valence electrons. The van der Waals surface area contributed by atoms with E-state index in [0.29, 0.717) is 10.9 Å². The number of aromatic nitrogens is 1. The molecule has 2 aliphatic heterocycles. The third-order valence-electron chi connectivity index (χ3n) is 7.64. The summed E-state index contributed by atoms with van der Waals surface area (Å²) in [6.07, 6.45) is 5.91. The molecule has 36 heavy (non-hydrogen) atoms. The second-order valence-corrected chi connectivity index (χ2v) is 10.5. The number of pyridine rings is 1. The predicted molar refractivity (Wildman–Crippen MR) is 145 cm³/mol. The van der Waals surface area contributed by atoms with Crippen molar-refractivity contribution < 1.29 is 5.11 Å². The molecule has 0 saturated heterocycles. The molecule has 5 nitrogen and oxygen atoms in total. The molecule has 0 saturated carbocycles. The molecule has 0 atom stereocenters.